The van der Waals surface area contributed by atoms with E-state index in [0.717, 1.165) is 23.3 Å². The fraction of sp³-hybridized carbons (Fsp3) is 0.235. The molecule has 2 nitrogen and oxygen atoms in total. The molecule has 0 bridgehead atoms. The Kier molecular flexibility index (Phi) is 4.85. The molecule has 2 rings (SSSR count). The Bertz CT molecular complexity index is 665. The molecule has 116 valence electrons. The van der Waals surface area contributed by atoms with Gasteiger partial charge in [-0.2, -0.15) is 13.2 Å². The maximum Gasteiger partial charge on any atom is 0.416 e. The lowest BCUT2D eigenvalue weighted by atomic mass is 10.1. The topological polar surface area (TPSA) is 29.1 Å². The van der Waals surface area contributed by atoms with E-state index in [-0.39, 0.29) is 12.3 Å². The van der Waals surface area contributed by atoms with Crippen LogP contribution >= 0.6 is 0 Å². The summed E-state index contributed by atoms with van der Waals surface area (Å²) in [6.07, 6.45) is -4.47. The van der Waals surface area contributed by atoms with Gasteiger partial charge < -0.3 is 5.32 Å². The van der Waals surface area contributed by atoms with E-state index in [9.17, 15) is 18.0 Å². The van der Waals surface area contributed by atoms with Crippen LogP contribution in [0.25, 0.3) is 0 Å². The Morgan fingerprint density at radius 2 is 1.82 bits per heavy atom. The van der Waals surface area contributed by atoms with Gasteiger partial charge in [-0.25, -0.2) is 0 Å². The van der Waals surface area contributed by atoms with Crippen LogP contribution in [0.3, 0.4) is 0 Å². The molecular formula is C17H16F3NO. The number of rotatable bonds is 4. The molecule has 0 aromatic heterocycles. The van der Waals surface area contributed by atoms with Crippen LogP contribution in [0.4, 0.5) is 13.2 Å². The van der Waals surface area contributed by atoms with Crippen LogP contribution in [0.1, 0.15) is 22.3 Å². The summed E-state index contributed by atoms with van der Waals surface area (Å²) in [5.74, 6) is -0.303. The first-order valence-corrected chi connectivity index (χ1v) is 6.83. The van der Waals surface area contributed by atoms with Crippen molar-refractivity contribution in [3.63, 3.8) is 0 Å². The predicted octanol–water partition coefficient (Wildman–Crippen LogP) is 3.87. The second-order valence-electron chi connectivity index (χ2n) is 5.08. The van der Waals surface area contributed by atoms with Crippen LogP contribution in [0.5, 0.6) is 0 Å². The third kappa shape index (κ3) is 4.35. The SMILES string of the molecule is Cc1ccccc1CNC(=O)Cc1cccc(C(F)(F)F)c1. The highest BCUT2D eigenvalue weighted by Gasteiger charge is 2.30. The highest BCUT2D eigenvalue weighted by Crippen LogP contribution is 2.29. The maximum absolute atomic E-state index is 12.6. The van der Waals surface area contributed by atoms with Gasteiger partial charge in [-0.3, -0.25) is 4.79 Å². The van der Waals surface area contributed by atoms with Gasteiger partial charge in [0, 0.05) is 6.54 Å². The van der Waals surface area contributed by atoms with Crippen molar-refractivity contribution in [3.8, 4) is 0 Å². The molecule has 0 saturated carbocycles. The predicted molar refractivity (Wildman–Crippen MR) is 78.2 cm³/mol. The standard InChI is InChI=1S/C17H16F3NO/c1-12-5-2-3-7-14(12)11-21-16(22)10-13-6-4-8-15(9-13)17(18,19)20/h2-9H,10-11H2,1H3,(H,21,22). The molecule has 22 heavy (non-hydrogen) atoms. The Balaban J connectivity index is 1.97. The Morgan fingerprint density at radius 1 is 1.09 bits per heavy atom. The minimum Gasteiger partial charge on any atom is -0.352 e. The number of aryl methyl sites for hydroxylation is 1. The molecule has 0 fully saturated rings. The van der Waals surface area contributed by atoms with Gasteiger partial charge in [0.05, 0.1) is 12.0 Å². The molecular weight excluding hydrogens is 291 g/mol. The van der Waals surface area contributed by atoms with Gasteiger partial charge in [-0.1, -0.05) is 42.5 Å². The van der Waals surface area contributed by atoms with E-state index in [4.69, 9.17) is 0 Å². The third-order valence-corrected chi connectivity index (χ3v) is 3.36. The number of hydrogen-bond acceptors (Lipinski definition) is 1. The second-order valence-corrected chi connectivity index (χ2v) is 5.08. The Morgan fingerprint density at radius 3 is 2.50 bits per heavy atom. The molecule has 1 N–H and O–H groups in total. The van der Waals surface area contributed by atoms with E-state index >= 15 is 0 Å². The number of benzene rings is 2. The lowest BCUT2D eigenvalue weighted by molar-refractivity contribution is -0.137. The second kappa shape index (κ2) is 6.64. The van der Waals surface area contributed by atoms with E-state index in [1.807, 2.05) is 31.2 Å². The van der Waals surface area contributed by atoms with Crippen LogP contribution in [-0.4, -0.2) is 5.91 Å². The van der Waals surface area contributed by atoms with Gasteiger partial charge >= 0.3 is 6.18 Å². The van der Waals surface area contributed by atoms with Gasteiger partial charge in [-0.05, 0) is 29.7 Å². The molecule has 2 aromatic rings. The number of amides is 1. The zero-order valence-electron chi connectivity index (χ0n) is 12.1. The summed E-state index contributed by atoms with van der Waals surface area (Å²) in [5, 5.41) is 2.73. The number of halogens is 3. The minimum absolute atomic E-state index is 0.0736. The summed E-state index contributed by atoms with van der Waals surface area (Å²) in [4.78, 5) is 11.9. The molecule has 0 aliphatic heterocycles. The average molecular weight is 307 g/mol. The average Bonchev–Trinajstić information content (AvgIpc) is 2.46. The minimum atomic E-state index is -4.40. The van der Waals surface area contributed by atoms with Crippen molar-refractivity contribution in [3.05, 3.63) is 70.8 Å². The van der Waals surface area contributed by atoms with Crippen LogP contribution in [0.2, 0.25) is 0 Å². The number of carbonyl (C=O) groups excluding carboxylic acids is 1. The summed E-state index contributed by atoms with van der Waals surface area (Å²) in [5.41, 5.74) is 1.65. The lowest BCUT2D eigenvalue weighted by Crippen LogP contribution is -2.25. The van der Waals surface area contributed by atoms with Crippen molar-refractivity contribution in [2.45, 2.75) is 26.1 Å². The van der Waals surface area contributed by atoms with Gasteiger partial charge in [0.25, 0.3) is 0 Å². The van der Waals surface area contributed by atoms with Crippen molar-refractivity contribution in [1.29, 1.82) is 0 Å². The monoisotopic (exact) mass is 307 g/mol. The van der Waals surface area contributed by atoms with Crippen molar-refractivity contribution in [2.75, 3.05) is 0 Å². The first kappa shape index (κ1) is 16.1. The molecule has 0 aliphatic rings. The molecule has 5 heteroatoms. The summed E-state index contributed by atoms with van der Waals surface area (Å²) in [6, 6.07) is 12.5. The maximum atomic E-state index is 12.6. The zero-order valence-corrected chi connectivity index (χ0v) is 12.1. The van der Waals surface area contributed by atoms with E-state index in [1.54, 1.807) is 0 Å². The Labute approximate surface area is 127 Å². The third-order valence-electron chi connectivity index (χ3n) is 3.36. The van der Waals surface area contributed by atoms with Crippen LogP contribution in [-0.2, 0) is 23.9 Å². The molecule has 0 atom stereocenters. The number of alkyl halides is 3. The molecule has 0 radical (unpaired) electrons. The molecule has 0 unspecified atom stereocenters. The van der Waals surface area contributed by atoms with Crippen LogP contribution in [0, 0.1) is 6.92 Å². The highest BCUT2D eigenvalue weighted by molar-refractivity contribution is 5.78. The fourth-order valence-electron chi connectivity index (χ4n) is 2.11. The van der Waals surface area contributed by atoms with Crippen molar-refractivity contribution < 1.29 is 18.0 Å². The summed E-state index contributed by atoms with van der Waals surface area (Å²) < 4.78 is 37.9. The van der Waals surface area contributed by atoms with E-state index < -0.39 is 11.7 Å². The summed E-state index contributed by atoms with van der Waals surface area (Å²) in [6.45, 7) is 2.30. The zero-order chi connectivity index (χ0) is 16.2. The summed E-state index contributed by atoms with van der Waals surface area (Å²) in [7, 11) is 0. The molecule has 2 aromatic carbocycles. The summed E-state index contributed by atoms with van der Waals surface area (Å²) >= 11 is 0. The molecule has 1 amide bonds. The first-order chi connectivity index (χ1) is 10.4. The van der Waals surface area contributed by atoms with E-state index in [1.165, 1.54) is 12.1 Å². The van der Waals surface area contributed by atoms with Gasteiger partial charge in [0.1, 0.15) is 0 Å². The van der Waals surface area contributed by atoms with E-state index in [2.05, 4.69) is 5.32 Å². The normalized spacial score (nSPS) is 11.3. The molecule has 0 spiro atoms. The lowest BCUT2D eigenvalue weighted by Gasteiger charge is -2.10. The Hall–Kier alpha value is -2.30. The van der Waals surface area contributed by atoms with Crippen molar-refractivity contribution in [1.82, 2.24) is 5.32 Å². The highest BCUT2D eigenvalue weighted by atomic mass is 19.4. The van der Waals surface area contributed by atoms with Gasteiger partial charge in [0.15, 0.2) is 0 Å². The molecule has 0 heterocycles. The van der Waals surface area contributed by atoms with Crippen molar-refractivity contribution >= 4 is 5.91 Å². The van der Waals surface area contributed by atoms with Crippen LogP contribution in [0.15, 0.2) is 48.5 Å². The van der Waals surface area contributed by atoms with Crippen LogP contribution < -0.4 is 5.32 Å². The van der Waals surface area contributed by atoms with Gasteiger partial charge in [-0.15, -0.1) is 0 Å². The largest absolute Gasteiger partial charge is 0.416 e. The quantitative estimate of drug-likeness (QED) is 0.912. The van der Waals surface area contributed by atoms with E-state index in [0.29, 0.717) is 12.1 Å². The first-order valence-electron chi connectivity index (χ1n) is 6.83. The van der Waals surface area contributed by atoms with Gasteiger partial charge in [0.2, 0.25) is 5.91 Å². The molecule has 0 aliphatic carbocycles. The molecule has 0 saturated heterocycles. The fourth-order valence-corrected chi connectivity index (χ4v) is 2.11. The van der Waals surface area contributed by atoms with Crippen molar-refractivity contribution in [2.24, 2.45) is 0 Å². The number of nitrogens with one attached hydrogen (secondary N) is 1. The number of carbonyl (C=O) groups is 1. The number of hydrogen-bond donors (Lipinski definition) is 1. The smallest absolute Gasteiger partial charge is 0.352 e.